The number of aliphatic imine (C=N–C) groups is 1. The van der Waals surface area contributed by atoms with E-state index in [0.29, 0.717) is 0 Å². The number of hydrogen-bond donors (Lipinski definition) is 2. The number of nitrogens with zero attached hydrogens (tertiary/aromatic N) is 1. The number of hydrogen-bond acceptors (Lipinski definition) is 3. The molecule has 9 heavy (non-hydrogen) atoms. The van der Waals surface area contributed by atoms with E-state index < -0.39 is 6.09 Å². The van der Waals surface area contributed by atoms with Crippen molar-refractivity contribution in [3.8, 4) is 0 Å². The fraction of sp³-hybridized carbons (Fsp3) is 0.500. The van der Waals surface area contributed by atoms with E-state index in [4.69, 9.17) is 5.11 Å². The van der Waals surface area contributed by atoms with Crippen molar-refractivity contribution in [2.24, 2.45) is 4.99 Å². The summed E-state index contributed by atoms with van der Waals surface area (Å²) < 4.78 is 0. The van der Waals surface area contributed by atoms with Gasteiger partial charge in [0.15, 0.2) is 0 Å². The summed E-state index contributed by atoms with van der Waals surface area (Å²) in [6.07, 6.45) is -1.13. The topological polar surface area (TPSA) is 84.7 Å². The Morgan fingerprint density at radius 3 is 2.78 bits per heavy atom. The first-order chi connectivity index (χ1) is 3.77. The van der Waals surface area contributed by atoms with Crippen LogP contribution in [-0.2, 0) is 0 Å². The molecule has 0 atom stereocenters. The fourth-order valence-corrected chi connectivity index (χ4v) is 0.471. The highest BCUT2D eigenvalue weighted by atomic mass is 32.2. The lowest BCUT2D eigenvalue weighted by Crippen LogP contribution is -1.83. The summed E-state index contributed by atoms with van der Waals surface area (Å²) in [6, 6.07) is 0. The standard InChI is InChI=1S/C4H7NO2S.H3N/c1-2-8-3-5-4(6)7;/h3H,2H2,1H3,(H,6,7);1H3. The van der Waals surface area contributed by atoms with Gasteiger partial charge in [0.25, 0.3) is 0 Å². The summed E-state index contributed by atoms with van der Waals surface area (Å²) in [5.74, 6) is 0.858. The molecule has 0 bridgehead atoms. The van der Waals surface area contributed by atoms with Gasteiger partial charge in [-0.05, 0) is 5.75 Å². The summed E-state index contributed by atoms with van der Waals surface area (Å²) in [5.41, 5.74) is 1.32. The zero-order valence-corrected chi connectivity index (χ0v) is 6.02. The maximum absolute atomic E-state index is 9.66. The Balaban J connectivity index is 0. The molecule has 0 aliphatic heterocycles. The van der Waals surface area contributed by atoms with Crippen LogP contribution in [0.25, 0.3) is 0 Å². The van der Waals surface area contributed by atoms with Crippen molar-refractivity contribution < 1.29 is 9.90 Å². The van der Waals surface area contributed by atoms with E-state index in [9.17, 15) is 4.79 Å². The Labute approximate surface area is 57.9 Å². The van der Waals surface area contributed by atoms with Gasteiger partial charge in [-0.2, -0.15) is 4.99 Å². The molecule has 5 heteroatoms. The number of amides is 1. The van der Waals surface area contributed by atoms with E-state index in [0.717, 1.165) is 5.75 Å². The molecule has 0 unspecified atom stereocenters. The van der Waals surface area contributed by atoms with Crippen molar-refractivity contribution in [3.05, 3.63) is 0 Å². The van der Waals surface area contributed by atoms with Crippen molar-refractivity contribution in [1.82, 2.24) is 6.15 Å². The molecule has 0 saturated carbocycles. The third kappa shape index (κ3) is 11.2. The second-order valence-corrected chi connectivity index (χ2v) is 2.09. The summed E-state index contributed by atoms with van der Waals surface area (Å²) >= 11 is 1.36. The highest BCUT2D eigenvalue weighted by Crippen LogP contribution is 1.90. The van der Waals surface area contributed by atoms with Crippen molar-refractivity contribution in [2.75, 3.05) is 5.75 Å². The van der Waals surface area contributed by atoms with Crippen LogP contribution in [0.1, 0.15) is 6.92 Å². The molecule has 0 heterocycles. The SMILES string of the molecule is CCSC=NC(=O)O.N. The maximum Gasteiger partial charge on any atom is 0.431 e. The van der Waals surface area contributed by atoms with Crippen LogP contribution in [0.15, 0.2) is 4.99 Å². The molecule has 0 radical (unpaired) electrons. The van der Waals surface area contributed by atoms with Gasteiger partial charge in [-0.3, -0.25) is 0 Å². The van der Waals surface area contributed by atoms with Gasteiger partial charge in [0.2, 0.25) is 0 Å². The van der Waals surface area contributed by atoms with Crippen molar-refractivity contribution in [2.45, 2.75) is 6.92 Å². The van der Waals surface area contributed by atoms with Crippen LogP contribution in [0.2, 0.25) is 0 Å². The van der Waals surface area contributed by atoms with Crippen LogP contribution in [0.3, 0.4) is 0 Å². The largest absolute Gasteiger partial charge is 0.463 e. The summed E-state index contributed by atoms with van der Waals surface area (Å²) in [7, 11) is 0. The summed E-state index contributed by atoms with van der Waals surface area (Å²) in [4.78, 5) is 12.7. The molecule has 0 saturated heterocycles. The highest BCUT2D eigenvalue weighted by molar-refractivity contribution is 8.12. The molecular formula is C4H10N2O2S. The lowest BCUT2D eigenvalue weighted by molar-refractivity contribution is 0.206. The van der Waals surface area contributed by atoms with Gasteiger partial charge in [0.1, 0.15) is 0 Å². The predicted octanol–water partition coefficient (Wildman–Crippen LogP) is 1.61. The van der Waals surface area contributed by atoms with Crippen LogP contribution in [-0.4, -0.2) is 22.5 Å². The Morgan fingerprint density at radius 2 is 2.44 bits per heavy atom. The molecular weight excluding hydrogens is 140 g/mol. The first-order valence-electron chi connectivity index (χ1n) is 2.14. The van der Waals surface area contributed by atoms with Crippen LogP contribution in [0, 0.1) is 0 Å². The van der Waals surface area contributed by atoms with Gasteiger partial charge >= 0.3 is 6.09 Å². The molecule has 0 aromatic rings. The van der Waals surface area contributed by atoms with Crippen LogP contribution in [0.5, 0.6) is 0 Å². The van der Waals surface area contributed by atoms with Gasteiger partial charge in [-0.1, -0.05) is 6.92 Å². The van der Waals surface area contributed by atoms with Crippen molar-refractivity contribution in [3.63, 3.8) is 0 Å². The van der Waals surface area contributed by atoms with Gasteiger partial charge in [0, 0.05) is 0 Å². The molecule has 0 aromatic carbocycles. The first kappa shape index (κ1) is 11.3. The molecule has 0 rings (SSSR count). The van der Waals surface area contributed by atoms with Gasteiger partial charge in [-0.15, -0.1) is 11.8 Å². The third-order valence-corrected chi connectivity index (χ3v) is 0.992. The zero-order valence-electron chi connectivity index (χ0n) is 5.20. The Hall–Kier alpha value is -0.550. The Bertz CT molecular complexity index is 105. The summed E-state index contributed by atoms with van der Waals surface area (Å²) in [5, 5.41) is 7.93. The molecule has 4 nitrogen and oxygen atoms in total. The highest BCUT2D eigenvalue weighted by Gasteiger charge is 1.82. The summed E-state index contributed by atoms with van der Waals surface area (Å²) in [6.45, 7) is 1.93. The number of carbonyl (C=O) groups is 1. The minimum atomic E-state index is -1.13. The van der Waals surface area contributed by atoms with E-state index in [1.54, 1.807) is 0 Å². The lowest BCUT2D eigenvalue weighted by atomic mass is 11.0. The predicted molar refractivity (Wildman–Crippen MR) is 39.7 cm³/mol. The van der Waals surface area contributed by atoms with E-state index in [1.165, 1.54) is 17.3 Å². The van der Waals surface area contributed by atoms with Crippen molar-refractivity contribution in [1.29, 1.82) is 0 Å². The smallest absolute Gasteiger partial charge is 0.431 e. The van der Waals surface area contributed by atoms with Gasteiger partial charge < -0.3 is 11.3 Å². The average molecular weight is 150 g/mol. The lowest BCUT2D eigenvalue weighted by Gasteiger charge is -1.79. The molecule has 1 amide bonds. The molecule has 0 aliphatic rings. The molecule has 0 fully saturated rings. The molecule has 0 aromatic heterocycles. The minimum Gasteiger partial charge on any atom is -0.463 e. The second kappa shape index (κ2) is 7.45. The fourth-order valence-electron chi connectivity index (χ4n) is 0.157. The molecule has 54 valence electrons. The van der Waals surface area contributed by atoms with E-state index >= 15 is 0 Å². The third-order valence-electron chi connectivity index (χ3n) is 0.404. The minimum absolute atomic E-state index is 0. The molecule has 0 aliphatic carbocycles. The first-order valence-corrected chi connectivity index (χ1v) is 3.19. The van der Waals surface area contributed by atoms with Crippen LogP contribution in [0.4, 0.5) is 4.79 Å². The Morgan fingerprint density at radius 1 is 1.89 bits per heavy atom. The normalized spacial score (nSPS) is 9.00. The van der Waals surface area contributed by atoms with E-state index in [2.05, 4.69) is 4.99 Å². The van der Waals surface area contributed by atoms with Crippen LogP contribution >= 0.6 is 11.8 Å². The monoisotopic (exact) mass is 150 g/mol. The van der Waals surface area contributed by atoms with Crippen LogP contribution < -0.4 is 6.15 Å². The quantitative estimate of drug-likeness (QED) is 0.462. The van der Waals surface area contributed by atoms with Gasteiger partial charge in [0.05, 0.1) is 5.55 Å². The van der Waals surface area contributed by atoms with E-state index in [-0.39, 0.29) is 6.15 Å². The molecule has 0 spiro atoms. The number of rotatable bonds is 2. The Kier molecular flexibility index (Phi) is 9.33. The number of carboxylic acid groups (broad SMARTS) is 1. The zero-order chi connectivity index (χ0) is 6.41. The average Bonchev–Trinajstić information content (AvgIpc) is 1.66. The number of thioether (sulfide) groups is 1. The second-order valence-electron chi connectivity index (χ2n) is 0.972. The van der Waals surface area contributed by atoms with E-state index in [1.807, 2.05) is 6.92 Å². The van der Waals surface area contributed by atoms with Gasteiger partial charge in [-0.25, -0.2) is 4.79 Å². The molecule has 4 N–H and O–H groups in total. The maximum atomic E-state index is 9.66. The van der Waals surface area contributed by atoms with Crippen molar-refractivity contribution >= 4 is 23.4 Å².